The maximum Gasteiger partial charge on any atom is 0.416 e. The molecule has 0 bridgehead atoms. The van der Waals surface area contributed by atoms with Crippen molar-refractivity contribution in [3.63, 3.8) is 0 Å². The highest BCUT2D eigenvalue weighted by molar-refractivity contribution is 5.89. The van der Waals surface area contributed by atoms with Gasteiger partial charge in [-0.3, -0.25) is 4.79 Å². The van der Waals surface area contributed by atoms with Crippen molar-refractivity contribution in [3.05, 3.63) is 24.4 Å². The van der Waals surface area contributed by atoms with Crippen molar-refractivity contribution in [2.75, 3.05) is 18.1 Å². The molecule has 2 aliphatic heterocycles. The summed E-state index contributed by atoms with van der Waals surface area (Å²) < 4.78 is 44.2. The van der Waals surface area contributed by atoms with Gasteiger partial charge in [0, 0.05) is 12.3 Å². The fourth-order valence-corrected chi connectivity index (χ4v) is 3.18. The number of hydrogen-bond acceptors (Lipinski definition) is 6. The molecule has 1 fully saturated rings. The van der Waals surface area contributed by atoms with Crippen LogP contribution in [0.4, 0.5) is 19.4 Å². The van der Waals surface area contributed by atoms with Crippen molar-refractivity contribution in [1.29, 1.82) is 0 Å². The number of primary amides is 1. The molecule has 0 radical (unpaired) electrons. The topological polar surface area (TPSA) is 109 Å². The normalized spacial score (nSPS) is 19.1. The molecule has 1 aromatic heterocycles. The standard InChI is InChI=1S/C18H18F2N4O5/c1-9(16(21)25)29-10-2-3-11-13(6-10)27-5-4-23-7-14(22-17(11)23)24-12(15(19)20)8-28-18(24)26/h2-3,6-7,9,12,15H,4-5,8H2,1H3,(H2,21,25)/t9?,12-/m0/s1. The van der Waals surface area contributed by atoms with E-state index in [0.29, 0.717) is 29.4 Å². The van der Waals surface area contributed by atoms with Gasteiger partial charge in [0.2, 0.25) is 0 Å². The third kappa shape index (κ3) is 3.43. The van der Waals surface area contributed by atoms with Crippen LogP contribution in [0.2, 0.25) is 0 Å². The van der Waals surface area contributed by atoms with E-state index in [1.807, 2.05) is 0 Å². The van der Waals surface area contributed by atoms with Crippen LogP contribution in [-0.4, -0.2) is 53.3 Å². The van der Waals surface area contributed by atoms with Crippen LogP contribution in [0.5, 0.6) is 11.5 Å². The van der Waals surface area contributed by atoms with Crippen molar-refractivity contribution in [2.45, 2.75) is 32.0 Å². The highest BCUT2D eigenvalue weighted by Crippen LogP contribution is 2.37. The molecule has 154 valence electrons. The number of fused-ring (bicyclic) bond motifs is 3. The molecule has 29 heavy (non-hydrogen) atoms. The van der Waals surface area contributed by atoms with E-state index in [1.165, 1.54) is 13.1 Å². The van der Waals surface area contributed by atoms with Crippen molar-refractivity contribution in [1.82, 2.24) is 9.55 Å². The SMILES string of the molecule is CC(Oc1ccc2c(c1)OCCn1cc(N3C(=O)OC[C@H]3C(F)F)nc1-2)C(N)=O. The van der Waals surface area contributed by atoms with Crippen LogP contribution in [-0.2, 0) is 16.1 Å². The van der Waals surface area contributed by atoms with Gasteiger partial charge in [-0.2, -0.15) is 0 Å². The molecule has 11 heteroatoms. The number of nitrogens with zero attached hydrogens (tertiary/aromatic N) is 3. The van der Waals surface area contributed by atoms with Gasteiger partial charge in [-0.05, 0) is 19.1 Å². The molecule has 0 saturated carbocycles. The predicted molar refractivity (Wildman–Crippen MR) is 96.1 cm³/mol. The molecule has 4 rings (SSSR count). The number of amides is 2. The van der Waals surface area contributed by atoms with Gasteiger partial charge in [0.1, 0.15) is 36.6 Å². The second-order valence-corrected chi connectivity index (χ2v) is 6.63. The number of aromatic nitrogens is 2. The second kappa shape index (κ2) is 7.22. The maximum absolute atomic E-state index is 13.3. The fourth-order valence-electron chi connectivity index (χ4n) is 3.18. The number of anilines is 1. The van der Waals surface area contributed by atoms with Gasteiger partial charge in [-0.1, -0.05) is 0 Å². The van der Waals surface area contributed by atoms with Crippen molar-refractivity contribution >= 4 is 17.8 Å². The zero-order chi connectivity index (χ0) is 20.7. The van der Waals surface area contributed by atoms with Crippen LogP contribution >= 0.6 is 0 Å². The third-order valence-electron chi connectivity index (χ3n) is 4.70. The van der Waals surface area contributed by atoms with E-state index in [0.717, 1.165) is 4.90 Å². The van der Waals surface area contributed by atoms with Gasteiger partial charge in [-0.25, -0.2) is 23.5 Å². The lowest BCUT2D eigenvalue weighted by molar-refractivity contribution is -0.123. The predicted octanol–water partition coefficient (Wildman–Crippen LogP) is 1.79. The van der Waals surface area contributed by atoms with Gasteiger partial charge in [-0.15, -0.1) is 0 Å². The minimum absolute atomic E-state index is 0.0864. The van der Waals surface area contributed by atoms with Gasteiger partial charge in [0.25, 0.3) is 12.3 Å². The van der Waals surface area contributed by atoms with Gasteiger partial charge >= 0.3 is 6.09 Å². The number of cyclic esters (lactones) is 1. The molecule has 3 heterocycles. The summed E-state index contributed by atoms with van der Waals surface area (Å²) >= 11 is 0. The Morgan fingerprint density at radius 2 is 2.17 bits per heavy atom. The molecule has 2 atom stereocenters. The van der Waals surface area contributed by atoms with Crippen LogP contribution in [0.15, 0.2) is 24.4 Å². The molecule has 1 unspecified atom stereocenters. The van der Waals surface area contributed by atoms with Crippen LogP contribution in [0.25, 0.3) is 11.4 Å². The lowest BCUT2D eigenvalue weighted by atomic mass is 10.1. The van der Waals surface area contributed by atoms with E-state index in [-0.39, 0.29) is 12.4 Å². The lowest BCUT2D eigenvalue weighted by Gasteiger charge is -2.17. The number of halogens is 2. The Kier molecular flexibility index (Phi) is 4.73. The molecular weight excluding hydrogens is 390 g/mol. The number of rotatable bonds is 5. The van der Waals surface area contributed by atoms with Crippen molar-refractivity contribution in [2.24, 2.45) is 5.73 Å². The molecule has 0 spiro atoms. The molecular formula is C18H18F2N4O5. The second-order valence-electron chi connectivity index (χ2n) is 6.63. The molecule has 2 aromatic rings. The Labute approximate surface area is 163 Å². The van der Waals surface area contributed by atoms with Crippen LogP contribution in [0, 0.1) is 0 Å². The Bertz CT molecular complexity index is 964. The highest BCUT2D eigenvalue weighted by Gasteiger charge is 2.42. The lowest BCUT2D eigenvalue weighted by Crippen LogP contribution is -2.38. The maximum atomic E-state index is 13.3. The summed E-state index contributed by atoms with van der Waals surface area (Å²) in [5.41, 5.74) is 5.80. The molecule has 2 amide bonds. The summed E-state index contributed by atoms with van der Waals surface area (Å²) in [5.74, 6) is 0.769. The van der Waals surface area contributed by atoms with E-state index in [1.54, 1.807) is 22.8 Å². The van der Waals surface area contributed by atoms with E-state index in [2.05, 4.69) is 4.98 Å². The number of nitrogens with two attached hydrogens (primary N) is 1. The number of alkyl halides is 2. The average molecular weight is 408 g/mol. The first-order valence-corrected chi connectivity index (χ1v) is 8.89. The Morgan fingerprint density at radius 1 is 1.38 bits per heavy atom. The number of carbonyl (C=O) groups is 2. The van der Waals surface area contributed by atoms with Crippen LogP contribution in [0.1, 0.15) is 6.92 Å². The number of ether oxygens (including phenoxy) is 3. The smallest absolute Gasteiger partial charge is 0.416 e. The summed E-state index contributed by atoms with van der Waals surface area (Å²) in [4.78, 5) is 28.4. The van der Waals surface area contributed by atoms with E-state index >= 15 is 0 Å². The fraction of sp³-hybridized carbons (Fsp3) is 0.389. The monoisotopic (exact) mass is 408 g/mol. The summed E-state index contributed by atoms with van der Waals surface area (Å²) in [6.07, 6.45) is -2.91. The minimum Gasteiger partial charge on any atom is -0.491 e. The molecule has 1 aromatic carbocycles. The first-order chi connectivity index (χ1) is 13.8. The van der Waals surface area contributed by atoms with E-state index in [9.17, 15) is 18.4 Å². The number of benzene rings is 1. The zero-order valence-corrected chi connectivity index (χ0v) is 15.4. The Hall–Kier alpha value is -3.37. The molecule has 2 N–H and O–H groups in total. The quantitative estimate of drug-likeness (QED) is 0.808. The number of carbonyl (C=O) groups excluding carboxylic acids is 2. The first-order valence-electron chi connectivity index (χ1n) is 8.89. The van der Waals surface area contributed by atoms with Crippen LogP contribution < -0.4 is 20.1 Å². The highest BCUT2D eigenvalue weighted by atomic mass is 19.3. The van der Waals surface area contributed by atoms with Gasteiger partial charge < -0.3 is 24.5 Å². The van der Waals surface area contributed by atoms with Gasteiger partial charge in [0.15, 0.2) is 11.9 Å². The third-order valence-corrected chi connectivity index (χ3v) is 4.70. The minimum atomic E-state index is -2.76. The van der Waals surface area contributed by atoms with Gasteiger partial charge in [0.05, 0.1) is 12.1 Å². The molecule has 9 nitrogen and oxygen atoms in total. The average Bonchev–Trinajstić information content (AvgIpc) is 3.21. The summed E-state index contributed by atoms with van der Waals surface area (Å²) in [6.45, 7) is 1.82. The first kappa shape index (κ1) is 19.0. The summed E-state index contributed by atoms with van der Waals surface area (Å²) in [6, 6.07) is 3.52. The summed E-state index contributed by atoms with van der Waals surface area (Å²) in [7, 11) is 0. The molecule has 2 aliphatic rings. The molecule has 0 aliphatic carbocycles. The van der Waals surface area contributed by atoms with Crippen molar-refractivity contribution < 1.29 is 32.6 Å². The molecule has 1 saturated heterocycles. The number of imidazole rings is 1. The van der Waals surface area contributed by atoms with E-state index in [4.69, 9.17) is 19.9 Å². The van der Waals surface area contributed by atoms with E-state index < -0.39 is 37.2 Å². The zero-order valence-electron chi connectivity index (χ0n) is 15.4. The largest absolute Gasteiger partial charge is 0.491 e. The van der Waals surface area contributed by atoms with Crippen LogP contribution in [0.3, 0.4) is 0 Å². The van der Waals surface area contributed by atoms with Crippen molar-refractivity contribution in [3.8, 4) is 22.9 Å². The number of hydrogen-bond donors (Lipinski definition) is 1. The Morgan fingerprint density at radius 3 is 2.90 bits per heavy atom. The Balaban J connectivity index is 1.68. The summed E-state index contributed by atoms with van der Waals surface area (Å²) in [5, 5.41) is 0.